The van der Waals surface area contributed by atoms with Crippen molar-refractivity contribution in [3.8, 4) is 16.9 Å². The maximum Gasteiger partial charge on any atom is 0.227 e. The lowest BCUT2D eigenvalue weighted by atomic mass is 10.00. The molecule has 2 unspecified atom stereocenters. The molecule has 1 aromatic heterocycles. The summed E-state index contributed by atoms with van der Waals surface area (Å²) in [6.07, 6.45) is 4.05. The molecule has 0 aliphatic rings. The Balaban J connectivity index is 1.74. The van der Waals surface area contributed by atoms with E-state index in [-0.39, 0.29) is 41.7 Å². The molecule has 40 heavy (non-hydrogen) atoms. The maximum absolute atomic E-state index is 12.5. The van der Waals surface area contributed by atoms with Gasteiger partial charge in [0.1, 0.15) is 6.20 Å². The number of benzene rings is 2. The van der Waals surface area contributed by atoms with Crippen molar-refractivity contribution in [3.05, 3.63) is 93.7 Å². The largest absolute Gasteiger partial charge is 0.502 e. The molecule has 0 aliphatic heterocycles. The Morgan fingerprint density at radius 1 is 1.12 bits per heavy atom. The van der Waals surface area contributed by atoms with Crippen molar-refractivity contribution in [2.75, 3.05) is 19.0 Å². The van der Waals surface area contributed by atoms with Gasteiger partial charge in [0, 0.05) is 36.0 Å². The van der Waals surface area contributed by atoms with E-state index in [1.165, 1.54) is 6.07 Å². The predicted octanol–water partition coefficient (Wildman–Crippen LogP) is 6.09. The first-order valence-corrected chi connectivity index (χ1v) is 13.6. The molecule has 0 saturated carbocycles. The number of nitrogens with one attached hydrogen (secondary N) is 1. The van der Waals surface area contributed by atoms with Gasteiger partial charge in [-0.3, -0.25) is 9.59 Å². The number of rotatable bonds is 14. The van der Waals surface area contributed by atoms with Crippen molar-refractivity contribution in [1.29, 1.82) is 0 Å². The van der Waals surface area contributed by atoms with Crippen LogP contribution in [0.2, 0.25) is 0 Å². The zero-order valence-corrected chi connectivity index (χ0v) is 23.8. The number of nitrogens with zero attached hydrogens (tertiary/aromatic N) is 2. The van der Waals surface area contributed by atoms with Crippen LogP contribution in [0.4, 0.5) is 5.69 Å². The van der Waals surface area contributed by atoms with E-state index in [4.69, 9.17) is 4.42 Å². The molecule has 8 nitrogen and oxygen atoms in total. The van der Waals surface area contributed by atoms with E-state index in [1.807, 2.05) is 75.5 Å². The monoisotopic (exact) mass is 546 g/mol. The number of hydrogen-bond acceptors (Lipinski definition) is 7. The third-order valence-corrected chi connectivity index (χ3v) is 7.07. The Bertz CT molecular complexity index is 1390. The quantitative estimate of drug-likeness (QED) is 0.0976. The second-order valence-electron chi connectivity index (χ2n) is 10.2. The number of Topliss-reactive ketones (excluding diaryl/α,β-unsaturated/α-hetero) is 1. The van der Waals surface area contributed by atoms with Crippen LogP contribution in [-0.2, 0) is 13.1 Å². The fourth-order valence-electron chi connectivity index (χ4n) is 4.36. The number of hydrogen-bond donors (Lipinski definition) is 3. The van der Waals surface area contributed by atoms with E-state index >= 15 is 0 Å². The first-order chi connectivity index (χ1) is 19.1. The van der Waals surface area contributed by atoms with Crippen LogP contribution >= 0.6 is 0 Å². The molecule has 3 rings (SSSR count). The summed E-state index contributed by atoms with van der Waals surface area (Å²) in [5.74, 6) is 0.314. The fourth-order valence-corrected chi connectivity index (χ4v) is 4.36. The number of aliphatic hydroxyl groups excluding tert-OH is 1. The van der Waals surface area contributed by atoms with Crippen molar-refractivity contribution >= 4 is 18.2 Å². The van der Waals surface area contributed by atoms with Gasteiger partial charge in [-0.1, -0.05) is 62.3 Å². The van der Waals surface area contributed by atoms with Crippen molar-refractivity contribution in [3.63, 3.8) is 0 Å². The molecule has 0 spiro atoms. The summed E-state index contributed by atoms with van der Waals surface area (Å²) in [6.45, 7) is 9.93. The van der Waals surface area contributed by atoms with Crippen LogP contribution in [0.25, 0.3) is 11.1 Å². The van der Waals surface area contributed by atoms with Gasteiger partial charge in [-0.15, -0.1) is 0 Å². The number of aliphatic hydroxyl groups is 1. The van der Waals surface area contributed by atoms with E-state index in [2.05, 4.69) is 17.1 Å². The van der Waals surface area contributed by atoms with Crippen molar-refractivity contribution < 1.29 is 24.0 Å². The predicted molar refractivity (Wildman–Crippen MR) is 159 cm³/mol. The molecular weight excluding hydrogens is 506 g/mol. The van der Waals surface area contributed by atoms with Gasteiger partial charge in [0.05, 0.1) is 20.2 Å². The van der Waals surface area contributed by atoms with Crippen LogP contribution in [0, 0.1) is 5.92 Å². The first-order valence-electron chi connectivity index (χ1n) is 13.6. The van der Waals surface area contributed by atoms with Crippen LogP contribution < -0.4 is 10.7 Å². The van der Waals surface area contributed by atoms with E-state index in [9.17, 15) is 19.8 Å². The minimum Gasteiger partial charge on any atom is -0.502 e. The fraction of sp³-hybridized carbons (Fsp3) is 0.344. The van der Waals surface area contributed by atoms with Crippen LogP contribution in [0.5, 0.6) is 5.75 Å². The highest BCUT2D eigenvalue weighted by atomic mass is 16.4. The lowest BCUT2D eigenvalue weighted by molar-refractivity contribution is -0.880. The third kappa shape index (κ3) is 7.77. The summed E-state index contributed by atoms with van der Waals surface area (Å²) in [5.41, 5.74) is 3.78. The molecule has 0 radical (unpaired) electrons. The number of quaternary nitrogens is 1. The molecule has 8 heteroatoms. The number of aromatic hydroxyl groups is 1. The Morgan fingerprint density at radius 2 is 1.75 bits per heavy atom. The van der Waals surface area contributed by atoms with E-state index in [0.29, 0.717) is 12.2 Å². The van der Waals surface area contributed by atoms with Gasteiger partial charge in [-0.05, 0) is 42.0 Å². The SMILES string of the molecule is C=N[N+](C)(C=C(CO)C(C)CC)Cc1cc(=O)c(O)c(CNc2ccc(-c3ccc(C(=O)CCC)cc3)cc2)o1. The molecule has 2 aromatic carbocycles. The average Bonchev–Trinajstić information content (AvgIpc) is 2.97. The normalized spacial score (nSPS) is 13.9. The number of ketones is 1. The van der Waals surface area contributed by atoms with Gasteiger partial charge in [-0.25, -0.2) is 0 Å². The molecule has 3 N–H and O–H groups in total. The number of carbonyl (C=O) groups excluding carboxylic acids is 1. The third-order valence-electron chi connectivity index (χ3n) is 7.07. The van der Waals surface area contributed by atoms with E-state index in [0.717, 1.165) is 40.8 Å². The molecule has 0 saturated heterocycles. The van der Waals surface area contributed by atoms with Crippen LogP contribution in [0.3, 0.4) is 0 Å². The van der Waals surface area contributed by atoms with Crippen molar-refractivity contribution in [1.82, 2.24) is 0 Å². The minimum atomic E-state index is -0.543. The molecular formula is C32H40N3O5+. The molecule has 3 aromatic rings. The zero-order valence-electron chi connectivity index (χ0n) is 23.8. The molecule has 0 amide bonds. The highest BCUT2D eigenvalue weighted by Gasteiger charge is 2.25. The van der Waals surface area contributed by atoms with Crippen molar-refractivity contribution in [2.24, 2.45) is 11.0 Å². The van der Waals surface area contributed by atoms with E-state index < -0.39 is 11.2 Å². The Labute approximate surface area is 235 Å². The molecule has 212 valence electrons. The highest BCUT2D eigenvalue weighted by Crippen LogP contribution is 2.25. The number of anilines is 1. The minimum absolute atomic E-state index is 0.0317. The Morgan fingerprint density at radius 3 is 2.30 bits per heavy atom. The highest BCUT2D eigenvalue weighted by molar-refractivity contribution is 5.96. The molecule has 0 bridgehead atoms. The summed E-state index contributed by atoms with van der Waals surface area (Å²) in [7, 11) is 1.80. The smallest absolute Gasteiger partial charge is 0.227 e. The Hall–Kier alpha value is -4.01. The van der Waals surface area contributed by atoms with Gasteiger partial charge in [0.2, 0.25) is 11.2 Å². The summed E-state index contributed by atoms with van der Waals surface area (Å²) in [6, 6.07) is 16.6. The van der Waals surface area contributed by atoms with Gasteiger partial charge >= 0.3 is 0 Å². The average molecular weight is 547 g/mol. The van der Waals surface area contributed by atoms with Crippen LogP contribution in [0.15, 0.2) is 80.7 Å². The molecule has 0 fully saturated rings. The lowest BCUT2D eigenvalue weighted by Crippen LogP contribution is -2.33. The molecule has 0 aliphatic carbocycles. The zero-order chi connectivity index (χ0) is 29.3. The topological polar surface area (TPSA) is 112 Å². The van der Waals surface area contributed by atoms with Crippen LogP contribution in [-0.4, -0.2) is 41.0 Å². The lowest BCUT2D eigenvalue weighted by Gasteiger charge is -2.24. The summed E-state index contributed by atoms with van der Waals surface area (Å²) >= 11 is 0. The van der Waals surface area contributed by atoms with Gasteiger partial charge in [0.15, 0.2) is 23.8 Å². The van der Waals surface area contributed by atoms with E-state index in [1.54, 1.807) is 7.05 Å². The summed E-state index contributed by atoms with van der Waals surface area (Å²) < 4.78 is 5.88. The Kier molecular flexibility index (Phi) is 10.6. The standard InChI is InChI=1S/C32H39N3O5/c1-6-8-29(37)25-11-9-23(10-12-25)24-13-15-27(16-14-24)34-18-31-32(39)30(38)17-28(40-31)20-35(5,33-4)19-26(21-36)22(3)7-2/h9-17,19,22,36H,4,6-8,18,20-21H2,1-3,5H3,(H-,34,37,39)/p+1. The first kappa shape index (κ1) is 30.5. The van der Waals surface area contributed by atoms with Gasteiger partial charge < -0.3 is 19.9 Å². The summed E-state index contributed by atoms with van der Waals surface area (Å²) in [4.78, 5) is 24.6. The van der Waals surface area contributed by atoms with Gasteiger partial charge in [-0.2, -0.15) is 4.59 Å². The van der Waals surface area contributed by atoms with Crippen LogP contribution in [0.1, 0.15) is 61.9 Å². The molecule has 1 heterocycles. The second kappa shape index (κ2) is 13.9. The summed E-state index contributed by atoms with van der Waals surface area (Å²) in [5, 5.41) is 27.6. The maximum atomic E-state index is 12.5. The second-order valence-corrected chi connectivity index (χ2v) is 10.2. The van der Waals surface area contributed by atoms with Crippen molar-refractivity contribution in [2.45, 2.75) is 53.1 Å². The number of carbonyl (C=O) groups is 1. The molecule has 2 atom stereocenters. The van der Waals surface area contributed by atoms with Gasteiger partial charge in [0.25, 0.3) is 0 Å².